The van der Waals surface area contributed by atoms with Crippen molar-refractivity contribution in [2.75, 3.05) is 13.7 Å². The lowest BCUT2D eigenvalue weighted by Gasteiger charge is -2.19. The number of aryl methyl sites for hydroxylation is 1. The van der Waals surface area contributed by atoms with Crippen molar-refractivity contribution in [1.82, 2.24) is 10.3 Å². The summed E-state index contributed by atoms with van der Waals surface area (Å²) in [6.07, 6.45) is 0.108. The predicted molar refractivity (Wildman–Crippen MR) is 140 cm³/mol. The van der Waals surface area contributed by atoms with Gasteiger partial charge in [0.15, 0.2) is 0 Å². The molecule has 0 aliphatic carbocycles. The van der Waals surface area contributed by atoms with Gasteiger partial charge in [-0.1, -0.05) is 23.7 Å². The number of carbonyl (C=O) groups is 1. The van der Waals surface area contributed by atoms with Crippen LogP contribution in [0.25, 0.3) is 32.1 Å². The Morgan fingerprint density at radius 2 is 1.97 bits per heavy atom. The molecule has 0 bridgehead atoms. The van der Waals surface area contributed by atoms with Gasteiger partial charge in [-0.15, -0.1) is 11.3 Å². The summed E-state index contributed by atoms with van der Waals surface area (Å²) in [5.74, 6) is 0.708. The fourth-order valence-electron chi connectivity index (χ4n) is 4.04. The topological polar surface area (TPSA) is 80.4 Å². The molecule has 2 aromatic carbocycles. The SMILES string of the molecule is COc1cc(C)c2[nH]c(=O)c3sccc3c2c1-c1ccc(CCNC(=O)OC(C)(C)C)c(Cl)c1. The van der Waals surface area contributed by atoms with E-state index in [1.54, 1.807) is 7.11 Å². The monoisotopic (exact) mass is 498 g/mol. The van der Waals surface area contributed by atoms with E-state index in [1.165, 1.54) is 11.3 Å². The Morgan fingerprint density at radius 3 is 2.65 bits per heavy atom. The van der Waals surface area contributed by atoms with E-state index in [0.717, 1.165) is 38.5 Å². The fourth-order valence-corrected chi connectivity index (χ4v) is 5.11. The van der Waals surface area contributed by atoms with Crippen molar-refractivity contribution in [2.24, 2.45) is 0 Å². The van der Waals surface area contributed by atoms with Crippen molar-refractivity contribution in [3.8, 4) is 16.9 Å². The van der Waals surface area contributed by atoms with Crippen molar-refractivity contribution in [3.63, 3.8) is 0 Å². The minimum Gasteiger partial charge on any atom is -0.496 e. The molecule has 2 aromatic heterocycles. The third-order valence-electron chi connectivity index (χ3n) is 5.49. The number of hydrogen-bond acceptors (Lipinski definition) is 5. The van der Waals surface area contributed by atoms with E-state index in [-0.39, 0.29) is 5.56 Å². The quantitative estimate of drug-likeness (QED) is 0.331. The third kappa shape index (κ3) is 4.76. The minimum atomic E-state index is -0.544. The molecule has 2 N–H and O–H groups in total. The number of nitrogens with one attached hydrogen (secondary N) is 2. The number of fused-ring (bicyclic) bond motifs is 3. The predicted octanol–water partition coefficient (Wildman–Crippen LogP) is 6.45. The molecule has 0 aliphatic rings. The van der Waals surface area contributed by atoms with Crippen molar-refractivity contribution in [3.05, 3.63) is 62.2 Å². The Morgan fingerprint density at radius 1 is 1.21 bits per heavy atom. The molecule has 0 aliphatic heterocycles. The number of rotatable bonds is 5. The molecule has 0 unspecified atom stereocenters. The number of H-pyrrole nitrogens is 1. The van der Waals surface area contributed by atoms with Crippen molar-refractivity contribution in [2.45, 2.75) is 39.7 Å². The lowest BCUT2D eigenvalue weighted by atomic mass is 9.94. The first-order chi connectivity index (χ1) is 16.1. The average Bonchev–Trinajstić information content (AvgIpc) is 3.25. The van der Waals surface area contributed by atoms with Crippen LogP contribution in [0.3, 0.4) is 0 Å². The zero-order valence-electron chi connectivity index (χ0n) is 19.8. The van der Waals surface area contributed by atoms with E-state index < -0.39 is 11.7 Å². The van der Waals surface area contributed by atoms with Crippen LogP contribution in [0.15, 0.2) is 40.5 Å². The number of aromatic nitrogens is 1. The number of benzene rings is 2. The molecule has 0 atom stereocenters. The van der Waals surface area contributed by atoms with E-state index in [1.807, 2.05) is 63.4 Å². The van der Waals surface area contributed by atoms with E-state index in [4.69, 9.17) is 21.1 Å². The second-order valence-electron chi connectivity index (χ2n) is 9.12. The number of halogens is 1. The van der Waals surface area contributed by atoms with Gasteiger partial charge in [0.25, 0.3) is 5.56 Å². The van der Waals surface area contributed by atoms with Crippen LogP contribution < -0.4 is 15.6 Å². The molecule has 0 fully saturated rings. The summed E-state index contributed by atoms with van der Waals surface area (Å²) in [5.41, 5.74) is 3.74. The smallest absolute Gasteiger partial charge is 0.407 e. The summed E-state index contributed by atoms with van der Waals surface area (Å²) in [5, 5.41) is 7.10. The number of aromatic amines is 1. The van der Waals surface area contributed by atoms with Gasteiger partial charge in [-0.05, 0) is 74.4 Å². The molecule has 0 spiro atoms. The molecule has 178 valence electrons. The van der Waals surface area contributed by atoms with Crippen LogP contribution in [-0.4, -0.2) is 30.3 Å². The summed E-state index contributed by atoms with van der Waals surface area (Å²) in [7, 11) is 1.64. The van der Waals surface area contributed by atoms with Crippen molar-refractivity contribution < 1.29 is 14.3 Å². The number of methoxy groups -OCH3 is 1. The average molecular weight is 499 g/mol. The molecular formula is C26H27ClN2O4S. The Balaban J connectivity index is 1.72. The maximum Gasteiger partial charge on any atom is 0.407 e. The van der Waals surface area contributed by atoms with Gasteiger partial charge in [0.1, 0.15) is 16.1 Å². The zero-order chi connectivity index (χ0) is 24.6. The normalized spacial score (nSPS) is 11.7. The van der Waals surface area contributed by atoms with Crippen LogP contribution in [0.2, 0.25) is 5.02 Å². The van der Waals surface area contributed by atoms with Crippen LogP contribution in [-0.2, 0) is 11.2 Å². The zero-order valence-corrected chi connectivity index (χ0v) is 21.4. The van der Waals surface area contributed by atoms with E-state index in [0.29, 0.717) is 28.4 Å². The number of carbonyl (C=O) groups excluding carboxylic acids is 1. The molecule has 8 heteroatoms. The van der Waals surface area contributed by atoms with Gasteiger partial charge in [-0.3, -0.25) is 4.79 Å². The fraction of sp³-hybridized carbons (Fsp3) is 0.308. The highest BCUT2D eigenvalue weighted by Crippen LogP contribution is 2.42. The van der Waals surface area contributed by atoms with Gasteiger partial charge in [0.2, 0.25) is 0 Å². The van der Waals surface area contributed by atoms with E-state index in [9.17, 15) is 9.59 Å². The first-order valence-electron chi connectivity index (χ1n) is 11.0. The third-order valence-corrected chi connectivity index (χ3v) is 6.76. The number of thiophene rings is 1. The highest BCUT2D eigenvalue weighted by atomic mass is 35.5. The number of pyridine rings is 1. The van der Waals surface area contributed by atoms with E-state index in [2.05, 4.69) is 10.3 Å². The van der Waals surface area contributed by atoms with Gasteiger partial charge in [0, 0.05) is 27.9 Å². The molecule has 6 nitrogen and oxygen atoms in total. The first-order valence-corrected chi connectivity index (χ1v) is 12.2. The van der Waals surface area contributed by atoms with E-state index >= 15 is 0 Å². The molecule has 4 rings (SSSR count). The Hall–Kier alpha value is -3.03. The Bertz CT molecular complexity index is 1450. The van der Waals surface area contributed by atoms with Gasteiger partial charge in [-0.2, -0.15) is 0 Å². The van der Waals surface area contributed by atoms with Crippen LogP contribution in [0.4, 0.5) is 4.79 Å². The van der Waals surface area contributed by atoms with Crippen LogP contribution in [0, 0.1) is 6.92 Å². The van der Waals surface area contributed by atoms with Crippen LogP contribution in [0.5, 0.6) is 5.75 Å². The summed E-state index contributed by atoms with van der Waals surface area (Å²) in [6.45, 7) is 7.83. The molecule has 1 amide bonds. The largest absolute Gasteiger partial charge is 0.496 e. The molecule has 2 heterocycles. The second-order valence-corrected chi connectivity index (χ2v) is 10.4. The van der Waals surface area contributed by atoms with Crippen molar-refractivity contribution >= 4 is 50.0 Å². The number of hydrogen-bond donors (Lipinski definition) is 2. The maximum absolute atomic E-state index is 12.6. The van der Waals surface area contributed by atoms with Crippen LogP contribution in [0.1, 0.15) is 31.9 Å². The lowest BCUT2D eigenvalue weighted by molar-refractivity contribution is 0.0528. The van der Waals surface area contributed by atoms with Gasteiger partial charge < -0.3 is 19.8 Å². The standard InChI is InChI=1S/C26H27ClN2O4S/c1-14-12-19(32-5)20(21-17-9-11-34-23(17)24(30)29-22(14)21)16-7-6-15(18(27)13-16)8-10-28-25(31)33-26(2,3)4/h6-7,9,11-13H,8,10H2,1-5H3,(H,28,31)(H,29,30). The minimum absolute atomic E-state index is 0.0948. The lowest BCUT2D eigenvalue weighted by Crippen LogP contribution is -2.33. The Kier molecular flexibility index (Phi) is 6.60. The highest BCUT2D eigenvalue weighted by molar-refractivity contribution is 7.17. The molecule has 34 heavy (non-hydrogen) atoms. The molecule has 0 saturated heterocycles. The van der Waals surface area contributed by atoms with Gasteiger partial charge in [-0.25, -0.2) is 4.79 Å². The second kappa shape index (κ2) is 9.31. The summed E-state index contributed by atoms with van der Waals surface area (Å²) < 4.78 is 11.7. The summed E-state index contributed by atoms with van der Waals surface area (Å²) in [6, 6.07) is 9.75. The summed E-state index contributed by atoms with van der Waals surface area (Å²) in [4.78, 5) is 27.5. The van der Waals surface area contributed by atoms with Crippen molar-refractivity contribution in [1.29, 1.82) is 0 Å². The highest BCUT2D eigenvalue weighted by Gasteiger charge is 2.19. The molecule has 0 radical (unpaired) electrons. The summed E-state index contributed by atoms with van der Waals surface area (Å²) >= 11 is 8.08. The number of alkyl carbamates (subject to hydrolysis) is 1. The molecule has 0 saturated carbocycles. The van der Waals surface area contributed by atoms with Gasteiger partial charge >= 0.3 is 6.09 Å². The number of amides is 1. The van der Waals surface area contributed by atoms with Crippen LogP contribution >= 0.6 is 22.9 Å². The number of ether oxygens (including phenoxy) is 2. The molecule has 4 aromatic rings. The Labute approximate surface area is 206 Å². The van der Waals surface area contributed by atoms with Gasteiger partial charge in [0.05, 0.1) is 12.6 Å². The molecular weight excluding hydrogens is 472 g/mol. The first kappa shape index (κ1) is 24.1. The maximum atomic E-state index is 12.6.